The van der Waals surface area contributed by atoms with Gasteiger partial charge in [0.2, 0.25) is 0 Å². The number of nitrogens with one attached hydrogen (secondary N) is 1. The maximum absolute atomic E-state index is 7.40. The van der Waals surface area contributed by atoms with Gasteiger partial charge in [-0.15, -0.1) is 0 Å². The van der Waals surface area contributed by atoms with E-state index in [1.165, 1.54) is 5.56 Å². The van der Waals surface area contributed by atoms with E-state index in [2.05, 4.69) is 170 Å². The molecule has 10 aromatic rings. The minimum absolute atomic E-state index is 0.630. The van der Waals surface area contributed by atoms with Crippen LogP contribution in [-0.2, 0) is 6.54 Å². The first-order valence-corrected chi connectivity index (χ1v) is 19.0. The number of rotatable bonds is 9. The van der Waals surface area contributed by atoms with E-state index in [4.69, 9.17) is 16.6 Å². The Balaban J connectivity index is 1.03. The summed E-state index contributed by atoms with van der Waals surface area (Å²) in [6, 6.07) is 64.9. The molecule has 10 rings (SSSR count). The number of imidazole rings is 1. The van der Waals surface area contributed by atoms with Crippen LogP contribution in [0.5, 0.6) is 0 Å². The predicted octanol–water partition coefficient (Wildman–Crippen LogP) is 12.9. The van der Waals surface area contributed by atoms with E-state index in [9.17, 15) is 0 Å². The molecule has 0 aliphatic carbocycles. The summed E-state index contributed by atoms with van der Waals surface area (Å²) in [5, 5.41) is 6.59. The van der Waals surface area contributed by atoms with Gasteiger partial charge in [0, 0.05) is 46.1 Å². The van der Waals surface area contributed by atoms with E-state index < -0.39 is 0 Å². The molecule has 0 aliphatic heterocycles. The number of anilines is 4. The Bertz CT molecular complexity index is 2970. The zero-order chi connectivity index (χ0) is 37.4. The van der Waals surface area contributed by atoms with Crippen LogP contribution in [0.3, 0.4) is 0 Å². The molecule has 1 N–H and O–H groups in total. The molecule has 0 saturated carbocycles. The molecule has 6 nitrogen and oxygen atoms in total. The van der Waals surface area contributed by atoms with Crippen LogP contribution >= 0.6 is 11.6 Å². The van der Waals surface area contributed by atoms with Crippen LogP contribution in [0.15, 0.2) is 194 Å². The van der Waals surface area contributed by atoms with Crippen molar-refractivity contribution in [3.63, 3.8) is 0 Å². The minimum atomic E-state index is 0.630. The highest BCUT2D eigenvalue weighted by atomic mass is 35.5. The van der Waals surface area contributed by atoms with Gasteiger partial charge < -0.3 is 10.2 Å². The van der Waals surface area contributed by atoms with Crippen molar-refractivity contribution in [1.29, 1.82) is 0 Å². The highest BCUT2D eigenvalue weighted by molar-refractivity contribution is 6.36. The van der Waals surface area contributed by atoms with Crippen LogP contribution in [0.25, 0.3) is 55.7 Å². The summed E-state index contributed by atoms with van der Waals surface area (Å²) in [6.45, 7) is 0.630. The van der Waals surface area contributed by atoms with Gasteiger partial charge in [0.25, 0.3) is 0 Å². The normalized spacial score (nSPS) is 11.4. The van der Waals surface area contributed by atoms with E-state index in [1.807, 2.05) is 48.7 Å². The second-order valence-corrected chi connectivity index (χ2v) is 14.1. The van der Waals surface area contributed by atoms with Gasteiger partial charge in [-0.1, -0.05) is 103 Å². The van der Waals surface area contributed by atoms with Gasteiger partial charge in [0.05, 0.1) is 38.5 Å². The molecule has 0 spiro atoms. The number of pyridine rings is 1. The highest BCUT2D eigenvalue weighted by Crippen LogP contribution is 2.41. The predicted molar refractivity (Wildman–Crippen MR) is 232 cm³/mol. The van der Waals surface area contributed by atoms with Crippen molar-refractivity contribution in [2.45, 2.75) is 6.54 Å². The lowest BCUT2D eigenvalue weighted by Crippen LogP contribution is -2.17. The first-order chi connectivity index (χ1) is 27.7. The Labute approximate surface area is 329 Å². The number of para-hydroxylation sites is 4. The van der Waals surface area contributed by atoms with Gasteiger partial charge in [-0.25, -0.2) is 9.97 Å². The molecule has 3 heterocycles. The maximum Gasteiger partial charge on any atom is 0.145 e. The van der Waals surface area contributed by atoms with Crippen molar-refractivity contribution in [2.24, 2.45) is 0 Å². The Morgan fingerprint density at radius 2 is 1.29 bits per heavy atom. The molecule has 7 aromatic carbocycles. The second kappa shape index (κ2) is 14.3. The molecule has 0 radical (unpaired) electrons. The molecule has 0 bridgehead atoms. The molecular weight excluding hydrogens is 708 g/mol. The van der Waals surface area contributed by atoms with Crippen molar-refractivity contribution in [2.75, 3.05) is 10.2 Å². The van der Waals surface area contributed by atoms with E-state index >= 15 is 0 Å². The first-order valence-electron chi connectivity index (χ1n) is 18.6. The van der Waals surface area contributed by atoms with Crippen molar-refractivity contribution >= 4 is 67.2 Å². The molecule has 0 unspecified atom stereocenters. The average molecular weight is 743 g/mol. The SMILES string of the molecule is Clc1c(Nc2ccc3c(c2)c2ccccc2n3-c2ccccn2)cccc1N(Cc1ccccc1)c1ccc(-c2nc3ccccc3n2-c2ccccc2)cc1. The molecule has 3 aromatic heterocycles. The Morgan fingerprint density at radius 3 is 2.09 bits per heavy atom. The standard InChI is InChI=1S/C49H35ClN6/c50-48-42(52-36-27-30-44-40(32-36)39-18-7-9-21-43(39)56(44)47-24-11-12-31-51-47)20-13-23-46(48)54(33-34-14-3-1-4-15-34)37-28-25-35(26-29-37)49-53-41-19-8-10-22-45(41)55(49)38-16-5-2-6-17-38/h1-32,52H,33H2. The number of aromatic nitrogens is 4. The fourth-order valence-corrected chi connectivity index (χ4v) is 7.97. The Morgan fingerprint density at radius 1 is 0.571 bits per heavy atom. The summed E-state index contributed by atoms with van der Waals surface area (Å²) in [7, 11) is 0. The van der Waals surface area contributed by atoms with Crippen LogP contribution in [0.2, 0.25) is 5.02 Å². The van der Waals surface area contributed by atoms with Gasteiger partial charge in [-0.3, -0.25) is 9.13 Å². The van der Waals surface area contributed by atoms with Crippen LogP contribution in [0.1, 0.15) is 5.56 Å². The zero-order valence-corrected chi connectivity index (χ0v) is 31.1. The van der Waals surface area contributed by atoms with Gasteiger partial charge >= 0.3 is 0 Å². The van der Waals surface area contributed by atoms with Crippen molar-refractivity contribution in [3.8, 4) is 22.9 Å². The third-order valence-electron chi connectivity index (χ3n) is 10.3. The lowest BCUT2D eigenvalue weighted by molar-refractivity contribution is 0.975. The zero-order valence-electron chi connectivity index (χ0n) is 30.3. The molecule has 0 atom stereocenters. The van der Waals surface area contributed by atoms with E-state index in [0.29, 0.717) is 11.6 Å². The van der Waals surface area contributed by atoms with Crippen molar-refractivity contribution in [1.82, 2.24) is 19.1 Å². The van der Waals surface area contributed by atoms with Gasteiger partial charge in [0.15, 0.2) is 0 Å². The van der Waals surface area contributed by atoms with Gasteiger partial charge in [-0.05, 0) is 103 Å². The molecule has 268 valence electrons. The molecule has 0 amide bonds. The number of hydrogen-bond donors (Lipinski definition) is 1. The average Bonchev–Trinajstić information content (AvgIpc) is 3.81. The molecule has 0 fully saturated rings. The highest BCUT2D eigenvalue weighted by Gasteiger charge is 2.19. The monoisotopic (exact) mass is 742 g/mol. The van der Waals surface area contributed by atoms with E-state index in [-0.39, 0.29) is 0 Å². The number of hydrogen-bond acceptors (Lipinski definition) is 4. The smallest absolute Gasteiger partial charge is 0.145 e. The van der Waals surface area contributed by atoms with E-state index in [1.54, 1.807) is 0 Å². The number of benzene rings is 7. The van der Waals surface area contributed by atoms with Gasteiger partial charge in [-0.2, -0.15) is 0 Å². The van der Waals surface area contributed by atoms with E-state index in [0.717, 1.165) is 78.5 Å². The Hall–Kier alpha value is -7.15. The molecule has 0 saturated heterocycles. The summed E-state index contributed by atoms with van der Waals surface area (Å²) in [5.41, 5.74) is 11.2. The summed E-state index contributed by atoms with van der Waals surface area (Å²) >= 11 is 7.40. The third kappa shape index (κ3) is 6.03. The largest absolute Gasteiger partial charge is 0.354 e. The van der Waals surface area contributed by atoms with Crippen molar-refractivity contribution in [3.05, 3.63) is 205 Å². The summed E-state index contributed by atoms with van der Waals surface area (Å²) in [6.07, 6.45) is 1.83. The minimum Gasteiger partial charge on any atom is -0.354 e. The molecule has 0 aliphatic rings. The maximum atomic E-state index is 7.40. The fourth-order valence-electron chi connectivity index (χ4n) is 7.69. The summed E-state index contributed by atoms with van der Waals surface area (Å²) < 4.78 is 4.44. The second-order valence-electron chi connectivity index (χ2n) is 13.7. The van der Waals surface area contributed by atoms with Crippen LogP contribution in [0.4, 0.5) is 22.7 Å². The summed E-state index contributed by atoms with van der Waals surface area (Å²) in [5.74, 6) is 1.78. The van der Waals surface area contributed by atoms with Crippen LogP contribution in [0, 0.1) is 0 Å². The number of nitrogens with zero attached hydrogens (tertiary/aromatic N) is 5. The number of halogens is 1. The first kappa shape index (κ1) is 33.4. The van der Waals surface area contributed by atoms with Crippen LogP contribution in [-0.4, -0.2) is 19.1 Å². The third-order valence-corrected chi connectivity index (χ3v) is 10.7. The quantitative estimate of drug-likeness (QED) is 0.160. The number of fused-ring (bicyclic) bond motifs is 4. The molecular formula is C49H35ClN6. The Kier molecular flexibility index (Phi) is 8.50. The lowest BCUT2D eigenvalue weighted by Gasteiger charge is -2.27. The molecule has 7 heteroatoms. The van der Waals surface area contributed by atoms with Crippen molar-refractivity contribution < 1.29 is 0 Å². The molecule has 56 heavy (non-hydrogen) atoms. The summed E-state index contributed by atoms with van der Waals surface area (Å²) in [4.78, 5) is 12.0. The topological polar surface area (TPSA) is 50.9 Å². The lowest BCUT2D eigenvalue weighted by atomic mass is 10.1. The fraction of sp³-hybridized carbons (Fsp3) is 0.0204. The van der Waals surface area contributed by atoms with Crippen LogP contribution < -0.4 is 10.2 Å². The van der Waals surface area contributed by atoms with Gasteiger partial charge in [0.1, 0.15) is 11.6 Å².